The third kappa shape index (κ3) is 2.31. The van der Waals surface area contributed by atoms with E-state index in [0.717, 1.165) is 10.8 Å². The fourth-order valence-electron chi connectivity index (χ4n) is 2.61. The summed E-state index contributed by atoms with van der Waals surface area (Å²) in [4.78, 5) is 25.8. The Kier molecular flexibility index (Phi) is 3.25. The summed E-state index contributed by atoms with van der Waals surface area (Å²) >= 11 is 0. The van der Waals surface area contributed by atoms with E-state index >= 15 is 0 Å². The van der Waals surface area contributed by atoms with Gasteiger partial charge in [-0.05, 0) is 29.8 Å². The number of nitrogens with one attached hydrogen (secondary N) is 1. The van der Waals surface area contributed by atoms with Crippen LogP contribution in [-0.4, -0.2) is 41.0 Å². The van der Waals surface area contributed by atoms with Crippen molar-refractivity contribution >= 4 is 22.6 Å². The van der Waals surface area contributed by atoms with Crippen LogP contribution in [0.15, 0.2) is 36.4 Å². The topological polar surface area (TPSA) is 69.6 Å². The fraction of sp³-hybridized carbons (Fsp3) is 0.250. The van der Waals surface area contributed by atoms with Crippen molar-refractivity contribution in [2.75, 3.05) is 13.1 Å². The number of carbonyl (C=O) groups excluding carboxylic acids is 2. The number of phenols is 1. The third-order valence-electron chi connectivity index (χ3n) is 3.85. The molecule has 2 aromatic carbocycles. The first-order valence-corrected chi connectivity index (χ1v) is 6.88. The van der Waals surface area contributed by atoms with Gasteiger partial charge in [0.05, 0.1) is 5.56 Å². The Hall–Kier alpha value is -2.56. The lowest BCUT2D eigenvalue weighted by molar-refractivity contribution is -0.127. The molecule has 0 bridgehead atoms. The molecule has 0 spiro atoms. The van der Waals surface area contributed by atoms with Gasteiger partial charge in [0.25, 0.3) is 5.91 Å². The largest absolute Gasteiger partial charge is 0.507 e. The maximum absolute atomic E-state index is 12.6. The van der Waals surface area contributed by atoms with Gasteiger partial charge in [-0.2, -0.15) is 0 Å². The van der Waals surface area contributed by atoms with Crippen molar-refractivity contribution in [2.45, 2.75) is 13.0 Å². The standard InChI is InChI=1S/C16H16N2O3/c1-10-15(20)17-6-7-18(10)16(21)13-8-11-4-2-3-5-12(11)9-14(13)19/h2-5,8-10,19H,6-7H2,1H3,(H,17,20). The molecule has 0 radical (unpaired) electrons. The van der Waals surface area contributed by atoms with E-state index in [2.05, 4.69) is 5.32 Å². The molecule has 5 heteroatoms. The third-order valence-corrected chi connectivity index (χ3v) is 3.85. The van der Waals surface area contributed by atoms with Crippen molar-refractivity contribution in [3.05, 3.63) is 42.0 Å². The molecular formula is C16H16N2O3. The summed E-state index contributed by atoms with van der Waals surface area (Å²) in [5.41, 5.74) is 0.232. The number of nitrogens with zero attached hydrogens (tertiary/aromatic N) is 1. The summed E-state index contributed by atoms with van der Waals surface area (Å²) in [7, 11) is 0. The van der Waals surface area contributed by atoms with Crippen LogP contribution < -0.4 is 5.32 Å². The molecule has 21 heavy (non-hydrogen) atoms. The molecule has 1 fully saturated rings. The van der Waals surface area contributed by atoms with Crippen molar-refractivity contribution in [1.82, 2.24) is 10.2 Å². The Morgan fingerprint density at radius 1 is 1.29 bits per heavy atom. The van der Waals surface area contributed by atoms with Gasteiger partial charge in [0, 0.05) is 13.1 Å². The molecule has 1 aliphatic rings. The lowest BCUT2D eigenvalue weighted by atomic mass is 10.0. The van der Waals surface area contributed by atoms with E-state index in [1.807, 2.05) is 24.3 Å². The van der Waals surface area contributed by atoms with Crippen molar-refractivity contribution < 1.29 is 14.7 Å². The molecule has 0 saturated carbocycles. The zero-order valence-corrected chi connectivity index (χ0v) is 11.7. The molecule has 2 aromatic rings. The zero-order valence-electron chi connectivity index (χ0n) is 11.7. The highest BCUT2D eigenvalue weighted by atomic mass is 16.3. The first-order valence-electron chi connectivity index (χ1n) is 6.88. The average molecular weight is 284 g/mol. The Labute approximate surface area is 122 Å². The number of hydrogen-bond donors (Lipinski definition) is 2. The van der Waals surface area contributed by atoms with Crippen LogP contribution in [0.5, 0.6) is 5.75 Å². The van der Waals surface area contributed by atoms with Crippen molar-refractivity contribution in [2.24, 2.45) is 0 Å². The molecule has 1 saturated heterocycles. The summed E-state index contributed by atoms with van der Waals surface area (Å²) in [6.07, 6.45) is 0. The number of fused-ring (bicyclic) bond motifs is 1. The van der Waals surface area contributed by atoms with Crippen LogP contribution in [0, 0.1) is 0 Å². The van der Waals surface area contributed by atoms with Gasteiger partial charge < -0.3 is 15.3 Å². The molecule has 1 unspecified atom stereocenters. The monoisotopic (exact) mass is 284 g/mol. The normalized spacial score (nSPS) is 18.6. The molecule has 2 amide bonds. The fourth-order valence-corrected chi connectivity index (χ4v) is 2.61. The van der Waals surface area contributed by atoms with Crippen molar-refractivity contribution in [1.29, 1.82) is 0 Å². The zero-order chi connectivity index (χ0) is 15.0. The second-order valence-electron chi connectivity index (χ2n) is 5.18. The molecule has 1 atom stereocenters. The summed E-state index contributed by atoms with van der Waals surface area (Å²) < 4.78 is 0. The Morgan fingerprint density at radius 2 is 1.95 bits per heavy atom. The van der Waals surface area contributed by atoms with E-state index in [-0.39, 0.29) is 23.1 Å². The van der Waals surface area contributed by atoms with Gasteiger partial charge in [-0.3, -0.25) is 9.59 Å². The molecule has 108 valence electrons. The second kappa shape index (κ2) is 5.09. The number of phenolic OH excluding ortho intramolecular Hbond substituents is 1. The number of benzene rings is 2. The Morgan fingerprint density at radius 3 is 2.67 bits per heavy atom. The predicted molar refractivity (Wildman–Crippen MR) is 79.1 cm³/mol. The molecule has 3 rings (SSSR count). The van der Waals surface area contributed by atoms with Crippen molar-refractivity contribution in [3.63, 3.8) is 0 Å². The van der Waals surface area contributed by atoms with Gasteiger partial charge in [-0.25, -0.2) is 0 Å². The minimum absolute atomic E-state index is 0.0584. The maximum Gasteiger partial charge on any atom is 0.258 e. The second-order valence-corrected chi connectivity index (χ2v) is 5.18. The van der Waals surface area contributed by atoms with Crippen molar-refractivity contribution in [3.8, 4) is 5.75 Å². The number of carbonyl (C=O) groups is 2. The van der Waals surface area contributed by atoms with Gasteiger partial charge in [0.15, 0.2) is 0 Å². The minimum atomic E-state index is -0.530. The Bertz CT molecular complexity index is 727. The number of rotatable bonds is 1. The number of aromatic hydroxyl groups is 1. The lowest BCUT2D eigenvalue weighted by Gasteiger charge is -2.33. The molecule has 2 N–H and O–H groups in total. The SMILES string of the molecule is CC1C(=O)NCCN1C(=O)c1cc2ccccc2cc1O. The van der Waals surface area contributed by atoms with Gasteiger partial charge in [-0.15, -0.1) is 0 Å². The summed E-state index contributed by atoms with van der Waals surface area (Å²) in [6.45, 7) is 2.56. The summed E-state index contributed by atoms with van der Waals surface area (Å²) in [5.74, 6) is -0.549. The van der Waals surface area contributed by atoms with Crippen LogP contribution in [0.3, 0.4) is 0 Å². The maximum atomic E-state index is 12.6. The van der Waals surface area contributed by atoms with E-state index in [0.29, 0.717) is 13.1 Å². The molecule has 5 nitrogen and oxygen atoms in total. The number of piperazine rings is 1. The molecule has 1 heterocycles. The minimum Gasteiger partial charge on any atom is -0.507 e. The van der Waals surface area contributed by atoms with Crippen LogP contribution >= 0.6 is 0 Å². The van der Waals surface area contributed by atoms with Gasteiger partial charge in [0.1, 0.15) is 11.8 Å². The van der Waals surface area contributed by atoms with Gasteiger partial charge >= 0.3 is 0 Å². The van der Waals surface area contributed by atoms with E-state index in [9.17, 15) is 14.7 Å². The highest BCUT2D eigenvalue weighted by molar-refractivity contribution is 6.03. The van der Waals surface area contributed by atoms with E-state index in [4.69, 9.17) is 0 Å². The molecule has 1 aliphatic heterocycles. The average Bonchev–Trinajstić information content (AvgIpc) is 2.48. The molecule has 0 aromatic heterocycles. The van der Waals surface area contributed by atoms with E-state index in [1.165, 1.54) is 4.90 Å². The summed E-state index contributed by atoms with van der Waals surface area (Å²) in [5, 5.41) is 14.6. The predicted octanol–water partition coefficient (Wildman–Crippen LogP) is 1.51. The highest BCUT2D eigenvalue weighted by Gasteiger charge is 2.31. The van der Waals surface area contributed by atoms with Crippen LogP contribution in [0.2, 0.25) is 0 Å². The van der Waals surface area contributed by atoms with Crippen LogP contribution in [-0.2, 0) is 4.79 Å². The molecular weight excluding hydrogens is 268 g/mol. The molecule has 0 aliphatic carbocycles. The lowest BCUT2D eigenvalue weighted by Crippen LogP contribution is -2.55. The Balaban J connectivity index is 2.01. The quantitative estimate of drug-likeness (QED) is 0.834. The van der Waals surface area contributed by atoms with Crippen LogP contribution in [0.4, 0.5) is 0 Å². The number of amides is 2. The first kappa shape index (κ1) is 13.4. The van der Waals surface area contributed by atoms with Gasteiger partial charge in [0.2, 0.25) is 5.91 Å². The van der Waals surface area contributed by atoms with E-state index < -0.39 is 6.04 Å². The van der Waals surface area contributed by atoms with Crippen LogP contribution in [0.1, 0.15) is 17.3 Å². The van der Waals surface area contributed by atoms with Gasteiger partial charge in [-0.1, -0.05) is 24.3 Å². The smallest absolute Gasteiger partial charge is 0.258 e. The summed E-state index contributed by atoms with van der Waals surface area (Å²) in [6, 6.07) is 10.2. The first-order chi connectivity index (χ1) is 10.1. The van der Waals surface area contributed by atoms with Crippen LogP contribution in [0.25, 0.3) is 10.8 Å². The van der Waals surface area contributed by atoms with E-state index in [1.54, 1.807) is 19.1 Å². The number of hydrogen-bond acceptors (Lipinski definition) is 3. The highest BCUT2D eigenvalue weighted by Crippen LogP contribution is 2.26.